The molecule has 2 heterocycles. The molecular weight excluding hydrogens is 202 g/mol. The van der Waals surface area contributed by atoms with Crippen molar-refractivity contribution in [3.05, 3.63) is 12.0 Å². The Morgan fingerprint density at radius 1 is 1.19 bits per heavy atom. The molecule has 84 valence electrons. The fourth-order valence-corrected chi connectivity index (χ4v) is 2.58. The average molecular weight is 217 g/mol. The van der Waals surface area contributed by atoms with E-state index in [4.69, 9.17) is 5.73 Å². The average Bonchev–Trinajstić information content (AvgIpc) is 2.75. The minimum Gasteiger partial charge on any atom is -0.383 e. The van der Waals surface area contributed by atoms with Crippen LogP contribution >= 0.6 is 0 Å². The smallest absolute Gasteiger partial charge is 0.160 e. The first-order valence-corrected chi connectivity index (χ1v) is 5.80. The maximum absolute atomic E-state index is 5.90. The molecule has 0 amide bonds. The van der Waals surface area contributed by atoms with Crippen molar-refractivity contribution in [1.82, 2.24) is 20.2 Å². The van der Waals surface area contributed by atoms with Crippen LogP contribution < -0.4 is 5.73 Å². The maximum Gasteiger partial charge on any atom is 0.160 e. The fraction of sp³-hybridized carbons (Fsp3) is 0.545. The van der Waals surface area contributed by atoms with E-state index in [0.29, 0.717) is 11.7 Å². The standard InChI is InChI=1S/C11H15N5/c12-10-8-9(7-4-2-1-3-5-7)15-16-11(8)14-6-13-10/h6-7H,1-5H2,(H3,12,13,14,15,16). The number of hydrogen-bond acceptors (Lipinski definition) is 4. The van der Waals surface area contributed by atoms with Gasteiger partial charge in [-0.25, -0.2) is 9.97 Å². The summed E-state index contributed by atoms with van der Waals surface area (Å²) in [6, 6.07) is 0. The Morgan fingerprint density at radius 2 is 2.00 bits per heavy atom. The van der Waals surface area contributed by atoms with Crippen LogP contribution in [0.15, 0.2) is 6.33 Å². The van der Waals surface area contributed by atoms with Gasteiger partial charge in [-0.1, -0.05) is 19.3 Å². The summed E-state index contributed by atoms with van der Waals surface area (Å²) in [7, 11) is 0. The van der Waals surface area contributed by atoms with E-state index in [1.165, 1.54) is 38.4 Å². The number of nitrogens with one attached hydrogen (secondary N) is 1. The highest BCUT2D eigenvalue weighted by atomic mass is 15.2. The molecule has 0 aliphatic heterocycles. The summed E-state index contributed by atoms with van der Waals surface area (Å²) in [5.74, 6) is 1.06. The van der Waals surface area contributed by atoms with E-state index in [2.05, 4.69) is 20.2 Å². The van der Waals surface area contributed by atoms with Crippen molar-refractivity contribution >= 4 is 16.9 Å². The third-order valence-corrected chi connectivity index (χ3v) is 3.41. The summed E-state index contributed by atoms with van der Waals surface area (Å²) in [4.78, 5) is 8.19. The van der Waals surface area contributed by atoms with Crippen molar-refractivity contribution in [2.75, 3.05) is 5.73 Å². The van der Waals surface area contributed by atoms with Crippen LogP contribution in [0.25, 0.3) is 11.0 Å². The van der Waals surface area contributed by atoms with Crippen LogP contribution in [0.4, 0.5) is 5.82 Å². The fourth-order valence-electron chi connectivity index (χ4n) is 2.58. The third-order valence-electron chi connectivity index (χ3n) is 3.41. The number of rotatable bonds is 1. The van der Waals surface area contributed by atoms with Crippen molar-refractivity contribution in [2.24, 2.45) is 0 Å². The first-order valence-electron chi connectivity index (χ1n) is 5.80. The van der Waals surface area contributed by atoms with Crippen LogP contribution in [0.5, 0.6) is 0 Å². The number of fused-ring (bicyclic) bond motifs is 1. The van der Waals surface area contributed by atoms with Crippen molar-refractivity contribution in [2.45, 2.75) is 38.0 Å². The molecule has 1 saturated carbocycles. The van der Waals surface area contributed by atoms with Gasteiger partial charge >= 0.3 is 0 Å². The molecule has 5 heteroatoms. The summed E-state index contributed by atoms with van der Waals surface area (Å²) >= 11 is 0. The Hall–Kier alpha value is -1.65. The Balaban J connectivity index is 2.09. The van der Waals surface area contributed by atoms with E-state index in [9.17, 15) is 0 Å². The van der Waals surface area contributed by atoms with E-state index in [1.54, 1.807) is 0 Å². The van der Waals surface area contributed by atoms with Gasteiger partial charge in [-0.15, -0.1) is 0 Å². The number of aromatic amines is 1. The molecule has 0 saturated heterocycles. The molecule has 1 aliphatic carbocycles. The monoisotopic (exact) mass is 217 g/mol. The lowest BCUT2D eigenvalue weighted by Gasteiger charge is -2.19. The lowest BCUT2D eigenvalue weighted by Crippen LogP contribution is -2.06. The van der Waals surface area contributed by atoms with Gasteiger partial charge in [0, 0.05) is 5.92 Å². The number of anilines is 1. The van der Waals surface area contributed by atoms with E-state index in [1.807, 2.05) is 0 Å². The van der Waals surface area contributed by atoms with Crippen molar-refractivity contribution in [3.8, 4) is 0 Å². The molecule has 0 spiro atoms. The van der Waals surface area contributed by atoms with Crippen LogP contribution in [-0.4, -0.2) is 20.2 Å². The second-order valence-electron chi connectivity index (χ2n) is 4.43. The normalized spacial score (nSPS) is 18.0. The number of hydrogen-bond donors (Lipinski definition) is 2. The van der Waals surface area contributed by atoms with E-state index < -0.39 is 0 Å². The molecular formula is C11H15N5. The van der Waals surface area contributed by atoms with Gasteiger partial charge in [0.05, 0.1) is 11.1 Å². The zero-order valence-electron chi connectivity index (χ0n) is 9.11. The largest absolute Gasteiger partial charge is 0.383 e. The molecule has 0 radical (unpaired) electrons. The molecule has 0 atom stereocenters. The number of nitrogens with zero attached hydrogens (tertiary/aromatic N) is 3. The van der Waals surface area contributed by atoms with Crippen LogP contribution in [0, 0.1) is 0 Å². The molecule has 0 aromatic carbocycles. The molecule has 2 aromatic rings. The molecule has 1 fully saturated rings. The van der Waals surface area contributed by atoms with Gasteiger partial charge in [-0.05, 0) is 12.8 Å². The maximum atomic E-state index is 5.90. The van der Waals surface area contributed by atoms with E-state index in [0.717, 1.165) is 16.7 Å². The molecule has 1 aliphatic rings. The van der Waals surface area contributed by atoms with Gasteiger partial charge in [-0.3, -0.25) is 5.10 Å². The van der Waals surface area contributed by atoms with Gasteiger partial charge in [0.15, 0.2) is 5.65 Å². The van der Waals surface area contributed by atoms with Gasteiger partial charge in [0.1, 0.15) is 12.1 Å². The number of H-pyrrole nitrogens is 1. The summed E-state index contributed by atoms with van der Waals surface area (Å²) in [5.41, 5.74) is 7.72. The number of nitrogens with two attached hydrogens (primary N) is 1. The van der Waals surface area contributed by atoms with Crippen LogP contribution in [0.2, 0.25) is 0 Å². The zero-order chi connectivity index (χ0) is 11.0. The topological polar surface area (TPSA) is 80.5 Å². The second kappa shape index (κ2) is 3.73. The predicted octanol–water partition coefficient (Wildman–Crippen LogP) is 1.98. The molecule has 0 bridgehead atoms. The number of aromatic nitrogens is 4. The Morgan fingerprint density at radius 3 is 2.81 bits per heavy atom. The van der Waals surface area contributed by atoms with Crippen LogP contribution in [0.1, 0.15) is 43.7 Å². The lowest BCUT2D eigenvalue weighted by atomic mass is 9.86. The quantitative estimate of drug-likeness (QED) is 0.765. The molecule has 3 N–H and O–H groups in total. The zero-order valence-corrected chi connectivity index (χ0v) is 9.11. The predicted molar refractivity (Wildman–Crippen MR) is 61.9 cm³/mol. The highest BCUT2D eigenvalue weighted by Crippen LogP contribution is 2.35. The molecule has 16 heavy (non-hydrogen) atoms. The molecule has 0 unspecified atom stereocenters. The van der Waals surface area contributed by atoms with Crippen molar-refractivity contribution < 1.29 is 0 Å². The van der Waals surface area contributed by atoms with Crippen LogP contribution in [0.3, 0.4) is 0 Å². The van der Waals surface area contributed by atoms with Gasteiger partial charge < -0.3 is 5.73 Å². The van der Waals surface area contributed by atoms with E-state index >= 15 is 0 Å². The first kappa shape index (κ1) is 9.57. The van der Waals surface area contributed by atoms with Crippen molar-refractivity contribution in [1.29, 1.82) is 0 Å². The molecule has 3 rings (SSSR count). The summed E-state index contributed by atoms with van der Waals surface area (Å²) < 4.78 is 0. The Bertz CT molecular complexity index is 498. The summed E-state index contributed by atoms with van der Waals surface area (Å²) in [6.07, 6.45) is 7.78. The Kier molecular flexibility index (Phi) is 2.23. The molecule has 2 aromatic heterocycles. The lowest BCUT2D eigenvalue weighted by molar-refractivity contribution is 0.438. The second-order valence-corrected chi connectivity index (χ2v) is 4.43. The van der Waals surface area contributed by atoms with E-state index in [-0.39, 0.29) is 0 Å². The first-order chi connectivity index (χ1) is 7.86. The van der Waals surface area contributed by atoms with Gasteiger partial charge in [0.2, 0.25) is 0 Å². The van der Waals surface area contributed by atoms with Gasteiger partial charge in [-0.2, -0.15) is 5.10 Å². The summed E-state index contributed by atoms with van der Waals surface area (Å²) in [6.45, 7) is 0. The summed E-state index contributed by atoms with van der Waals surface area (Å²) in [5, 5.41) is 8.24. The van der Waals surface area contributed by atoms with Crippen LogP contribution in [-0.2, 0) is 0 Å². The number of nitrogen functional groups attached to an aromatic ring is 1. The molecule has 5 nitrogen and oxygen atoms in total. The highest BCUT2D eigenvalue weighted by molar-refractivity contribution is 5.87. The minimum atomic E-state index is 0.524. The SMILES string of the molecule is Nc1ncnc2[nH]nc(C3CCCCC3)c12. The minimum absolute atomic E-state index is 0.524. The van der Waals surface area contributed by atoms with Crippen molar-refractivity contribution in [3.63, 3.8) is 0 Å². The van der Waals surface area contributed by atoms with Gasteiger partial charge in [0.25, 0.3) is 0 Å². The Labute approximate surface area is 93.5 Å². The third kappa shape index (κ3) is 1.43. The highest BCUT2D eigenvalue weighted by Gasteiger charge is 2.22.